The molecule has 0 N–H and O–H groups in total. The second-order valence-electron chi connectivity index (χ2n) is 2.50. The second kappa shape index (κ2) is 4.03. The number of hydrogen-bond donors (Lipinski definition) is 0. The fraction of sp³-hybridized carbons (Fsp3) is 0. The summed E-state index contributed by atoms with van der Waals surface area (Å²) in [5, 5.41) is 1.99. The zero-order chi connectivity index (χ0) is 10.1. The Morgan fingerprint density at radius 3 is 2.43 bits per heavy atom. The van der Waals surface area contributed by atoms with Crippen LogP contribution in [-0.2, 0) is 0 Å². The van der Waals surface area contributed by atoms with Crippen molar-refractivity contribution in [1.29, 1.82) is 0 Å². The van der Waals surface area contributed by atoms with Crippen molar-refractivity contribution in [1.82, 2.24) is 9.36 Å². The van der Waals surface area contributed by atoms with Gasteiger partial charge >= 0.3 is 0 Å². The lowest BCUT2D eigenvalue weighted by Gasteiger charge is -1.97. The molecule has 1 aromatic heterocycles. The van der Waals surface area contributed by atoms with Gasteiger partial charge in [-0.1, -0.05) is 29.3 Å². The van der Waals surface area contributed by atoms with Crippen LogP contribution in [0.15, 0.2) is 18.2 Å². The third-order valence-corrected chi connectivity index (χ3v) is 3.34. The second-order valence-corrected chi connectivity index (χ2v) is 4.40. The Morgan fingerprint density at radius 1 is 1.07 bits per heavy atom. The lowest BCUT2D eigenvalue weighted by atomic mass is 10.2. The molecule has 1 aromatic carbocycles. The molecular weight excluding hydrogens is 263 g/mol. The molecule has 0 radical (unpaired) electrons. The summed E-state index contributed by atoms with van der Waals surface area (Å²) >= 11 is 18.5. The van der Waals surface area contributed by atoms with E-state index >= 15 is 0 Å². The lowest BCUT2D eigenvalue weighted by Crippen LogP contribution is -1.76. The Kier molecular flexibility index (Phi) is 2.93. The van der Waals surface area contributed by atoms with Gasteiger partial charge in [-0.15, -0.1) is 0 Å². The molecular formula is C8H3Cl3N2S. The third kappa shape index (κ3) is 2.01. The highest BCUT2D eigenvalue weighted by molar-refractivity contribution is 7.09. The van der Waals surface area contributed by atoms with Gasteiger partial charge in [-0.05, 0) is 35.3 Å². The Hall–Kier alpha value is -0.350. The van der Waals surface area contributed by atoms with Gasteiger partial charge in [0.15, 0.2) is 0 Å². The van der Waals surface area contributed by atoms with E-state index in [1.165, 1.54) is 11.5 Å². The van der Waals surface area contributed by atoms with Gasteiger partial charge in [0.25, 0.3) is 0 Å². The summed E-state index contributed by atoms with van der Waals surface area (Å²) in [4.78, 5) is 4.02. The minimum atomic E-state index is 0.246. The molecule has 14 heavy (non-hydrogen) atoms. The molecule has 0 amide bonds. The minimum Gasteiger partial charge on any atom is -0.205 e. The quantitative estimate of drug-likeness (QED) is 0.773. The van der Waals surface area contributed by atoms with Crippen LogP contribution in [0.1, 0.15) is 0 Å². The van der Waals surface area contributed by atoms with E-state index in [-0.39, 0.29) is 5.28 Å². The molecule has 0 saturated heterocycles. The summed E-state index contributed by atoms with van der Waals surface area (Å²) in [5.74, 6) is 0. The number of nitrogens with zero attached hydrogens (tertiary/aromatic N) is 2. The molecule has 0 saturated carbocycles. The standard InChI is InChI=1S/C8H3Cl3N2S/c9-5-2-1-4(3-6(5)10)7-12-8(11)13-14-7/h1-3H. The van der Waals surface area contributed by atoms with Gasteiger partial charge in [0.05, 0.1) is 10.0 Å². The van der Waals surface area contributed by atoms with Crippen LogP contribution in [-0.4, -0.2) is 9.36 Å². The number of benzene rings is 1. The Balaban J connectivity index is 2.47. The van der Waals surface area contributed by atoms with Crippen LogP contribution in [0.25, 0.3) is 10.6 Å². The fourth-order valence-electron chi connectivity index (χ4n) is 0.952. The van der Waals surface area contributed by atoms with Gasteiger partial charge in [0, 0.05) is 5.56 Å². The first-order valence-electron chi connectivity index (χ1n) is 3.61. The van der Waals surface area contributed by atoms with E-state index in [1.807, 2.05) is 6.07 Å². The summed E-state index contributed by atoms with van der Waals surface area (Å²) in [5.41, 5.74) is 0.865. The number of halogens is 3. The van der Waals surface area contributed by atoms with Gasteiger partial charge in [0.1, 0.15) is 5.01 Å². The first kappa shape index (κ1) is 10.2. The molecule has 72 valence electrons. The first-order chi connectivity index (χ1) is 6.66. The number of rotatable bonds is 1. The maximum Gasteiger partial charge on any atom is 0.234 e. The SMILES string of the molecule is Clc1nsc(-c2ccc(Cl)c(Cl)c2)n1. The topological polar surface area (TPSA) is 25.8 Å². The van der Waals surface area contributed by atoms with Crippen molar-refractivity contribution in [2.45, 2.75) is 0 Å². The molecule has 0 aliphatic rings. The van der Waals surface area contributed by atoms with Crippen LogP contribution in [0.2, 0.25) is 15.3 Å². The van der Waals surface area contributed by atoms with Crippen LogP contribution >= 0.6 is 46.3 Å². The van der Waals surface area contributed by atoms with Crippen molar-refractivity contribution >= 4 is 46.3 Å². The van der Waals surface area contributed by atoms with Gasteiger partial charge in [-0.3, -0.25) is 0 Å². The summed E-state index contributed by atoms with van der Waals surface area (Å²) in [6.45, 7) is 0. The molecule has 0 aliphatic heterocycles. The molecule has 6 heteroatoms. The molecule has 2 rings (SSSR count). The molecule has 1 heterocycles. The van der Waals surface area contributed by atoms with Gasteiger partial charge in [0.2, 0.25) is 5.28 Å². The average Bonchev–Trinajstić information content (AvgIpc) is 2.57. The largest absolute Gasteiger partial charge is 0.234 e. The zero-order valence-electron chi connectivity index (χ0n) is 6.67. The van der Waals surface area contributed by atoms with Crippen molar-refractivity contribution in [3.8, 4) is 10.6 Å². The summed E-state index contributed by atoms with van der Waals surface area (Å²) < 4.78 is 3.87. The van der Waals surface area contributed by atoms with E-state index in [0.29, 0.717) is 10.0 Å². The molecule has 0 fully saturated rings. The lowest BCUT2D eigenvalue weighted by molar-refractivity contribution is 1.33. The highest BCUT2D eigenvalue weighted by Gasteiger charge is 2.06. The van der Waals surface area contributed by atoms with Crippen molar-refractivity contribution in [2.24, 2.45) is 0 Å². The molecule has 0 bridgehead atoms. The van der Waals surface area contributed by atoms with Crippen LogP contribution in [0.4, 0.5) is 0 Å². The fourth-order valence-corrected chi connectivity index (χ4v) is 2.05. The number of aromatic nitrogens is 2. The van der Waals surface area contributed by atoms with Crippen LogP contribution < -0.4 is 0 Å². The molecule has 0 aliphatic carbocycles. The van der Waals surface area contributed by atoms with Crippen molar-refractivity contribution in [2.75, 3.05) is 0 Å². The third-order valence-electron chi connectivity index (χ3n) is 1.57. The normalized spacial score (nSPS) is 10.5. The predicted molar refractivity (Wildman–Crippen MR) is 60.4 cm³/mol. The highest BCUT2D eigenvalue weighted by atomic mass is 35.5. The van der Waals surface area contributed by atoms with Crippen LogP contribution in [0.3, 0.4) is 0 Å². The van der Waals surface area contributed by atoms with Crippen LogP contribution in [0, 0.1) is 0 Å². The molecule has 0 atom stereocenters. The Morgan fingerprint density at radius 2 is 1.86 bits per heavy atom. The molecule has 0 spiro atoms. The summed E-state index contributed by atoms with van der Waals surface area (Å²) in [6.07, 6.45) is 0. The zero-order valence-corrected chi connectivity index (χ0v) is 9.75. The van der Waals surface area contributed by atoms with E-state index in [4.69, 9.17) is 34.8 Å². The molecule has 2 nitrogen and oxygen atoms in total. The smallest absolute Gasteiger partial charge is 0.205 e. The molecule has 0 unspecified atom stereocenters. The molecule has 2 aromatic rings. The minimum absolute atomic E-state index is 0.246. The first-order valence-corrected chi connectivity index (χ1v) is 5.52. The van der Waals surface area contributed by atoms with Crippen molar-refractivity contribution in [3.05, 3.63) is 33.5 Å². The monoisotopic (exact) mass is 264 g/mol. The van der Waals surface area contributed by atoms with Gasteiger partial charge in [-0.25, -0.2) is 4.98 Å². The summed E-state index contributed by atoms with van der Waals surface area (Å²) in [7, 11) is 0. The maximum absolute atomic E-state index is 5.86. The van der Waals surface area contributed by atoms with E-state index in [1.54, 1.807) is 12.1 Å². The Labute approximate surface area is 99.6 Å². The summed E-state index contributed by atoms with van der Waals surface area (Å²) in [6, 6.07) is 5.28. The van der Waals surface area contributed by atoms with Crippen molar-refractivity contribution < 1.29 is 0 Å². The van der Waals surface area contributed by atoms with Gasteiger partial charge in [-0.2, -0.15) is 4.37 Å². The van der Waals surface area contributed by atoms with Crippen molar-refractivity contribution in [3.63, 3.8) is 0 Å². The predicted octanol–water partition coefficient (Wildman–Crippen LogP) is 4.17. The van der Waals surface area contributed by atoms with E-state index in [2.05, 4.69) is 9.36 Å². The highest BCUT2D eigenvalue weighted by Crippen LogP contribution is 2.29. The van der Waals surface area contributed by atoms with E-state index in [0.717, 1.165) is 10.6 Å². The van der Waals surface area contributed by atoms with E-state index in [9.17, 15) is 0 Å². The average molecular weight is 266 g/mol. The Bertz CT molecular complexity index is 469. The van der Waals surface area contributed by atoms with Crippen LogP contribution in [0.5, 0.6) is 0 Å². The number of hydrogen-bond acceptors (Lipinski definition) is 3. The van der Waals surface area contributed by atoms with E-state index < -0.39 is 0 Å². The van der Waals surface area contributed by atoms with Gasteiger partial charge < -0.3 is 0 Å². The maximum atomic E-state index is 5.86.